The Kier molecular flexibility index (Phi) is 5.13. The molecule has 2 aromatic carbocycles. The van der Waals surface area contributed by atoms with Crippen LogP contribution in [-0.2, 0) is 11.0 Å². The molecule has 116 valence electrons. The third-order valence-electron chi connectivity index (χ3n) is 2.89. The van der Waals surface area contributed by atoms with Crippen LogP contribution in [0, 0.1) is 6.92 Å². The number of anilines is 1. The first-order chi connectivity index (χ1) is 10.3. The molecular weight excluding hydrogens is 311 g/mol. The molecule has 0 aliphatic heterocycles. The molecule has 6 heteroatoms. The number of benzene rings is 2. The van der Waals surface area contributed by atoms with Crippen molar-refractivity contribution in [2.24, 2.45) is 0 Å². The summed E-state index contributed by atoms with van der Waals surface area (Å²) >= 11 is 1.37. The van der Waals surface area contributed by atoms with E-state index in [4.69, 9.17) is 0 Å². The number of hydrogen-bond donors (Lipinski definition) is 1. The van der Waals surface area contributed by atoms with Crippen LogP contribution in [0.4, 0.5) is 18.9 Å². The minimum atomic E-state index is -4.37. The Labute approximate surface area is 130 Å². The Morgan fingerprint density at radius 3 is 2.18 bits per heavy atom. The van der Waals surface area contributed by atoms with E-state index < -0.39 is 11.7 Å². The fourth-order valence-electron chi connectivity index (χ4n) is 1.72. The van der Waals surface area contributed by atoms with Gasteiger partial charge in [-0.05, 0) is 43.3 Å². The molecule has 0 unspecified atom stereocenters. The quantitative estimate of drug-likeness (QED) is 0.822. The summed E-state index contributed by atoms with van der Waals surface area (Å²) in [5, 5.41) is 2.58. The molecule has 2 nitrogen and oxygen atoms in total. The van der Waals surface area contributed by atoms with Gasteiger partial charge in [0.25, 0.3) is 0 Å². The van der Waals surface area contributed by atoms with Crippen molar-refractivity contribution in [2.75, 3.05) is 11.1 Å². The van der Waals surface area contributed by atoms with Crippen molar-refractivity contribution >= 4 is 23.4 Å². The summed E-state index contributed by atoms with van der Waals surface area (Å²) in [5.74, 6) is -0.0605. The zero-order valence-electron chi connectivity index (χ0n) is 11.8. The number of hydrogen-bond acceptors (Lipinski definition) is 2. The van der Waals surface area contributed by atoms with Crippen molar-refractivity contribution in [2.45, 2.75) is 18.0 Å². The van der Waals surface area contributed by atoms with E-state index in [1.54, 1.807) is 0 Å². The molecule has 0 radical (unpaired) electrons. The van der Waals surface area contributed by atoms with E-state index >= 15 is 0 Å². The fraction of sp³-hybridized carbons (Fsp3) is 0.188. The van der Waals surface area contributed by atoms with Gasteiger partial charge in [0, 0.05) is 10.6 Å². The Morgan fingerprint density at radius 2 is 1.64 bits per heavy atom. The number of alkyl halides is 3. The minimum Gasteiger partial charge on any atom is -0.325 e. The van der Waals surface area contributed by atoms with E-state index in [9.17, 15) is 18.0 Å². The topological polar surface area (TPSA) is 29.1 Å². The highest BCUT2D eigenvalue weighted by atomic mass is 32.2. The van der Waals surface area contributed by atoms with Gasteiger partial charge < -0.3 is 5.32 Å². The van der Waals surface area contributed by atoms with Crippen LogP contribution < -0.4 is 5.32 Å². The first-order valence-corrected chi connectivity index (χ1v) is 7.50. The van der Waals surface area contributed by atoms with Crippen LogP contribution in [0.1, 0.15) is 11.1 Å². The molecule has 22 heavy (non-hydrogen) atoms. The fourth-order valence-corrected chi connectivity index (χ4v) is 2.42. The second-order valence-electron chi connectivity index (χ2n) is 4.73. The molecule has 0 spiro atoms. The molecule has 2 aromatic rings. The molecule has 0 saturated heterocycles. The summed E-state index contributed by atoms with van der Waals surface area (Å²) in [7, 11) is 0. The molecule has 0 aliphatic rings. The standard InChI is InChI=1S/C16H14F3NOS/c1-11-2-8-14(9-3-11)22-10-15(21)20-13-6-4-12(5-7-13)16(17,18)19/h2-9H,10H2,1H3,(H,20,21). The smallest absolute Gasteiger partial charge is 0.325 e. The molecule has 0 atom stereocenters. The molecule has 0 bridgehead atoms. The van der Waals surface area contributed by atoms with E-state index in [0.717, 1.165) is 22.6 Å². The van der Waals surface area contributed by atoms with Gasteiger partial charge in [-0.15, -0.1) is 11.8 Å². The Bertz CT molecular complexity index is 636. The van der Waals surface area contributed by atoms with Gasteiger partial charge in [0.2, 0.25) is 5.91 Å². The highest BCUT2D eigenvalue weighted by Gasteiger charge is 2.29. The first-order valence-electron chi connectivity index (χ1n) is 6.51. The summed E-state index contributed by atoms with van der Waals surface area (Å²) in [6.45, 7) is 1.98. The summed E-state index contributed by atoms with van der Waals surface area (Å²) in [6.07, 6.45) is -4.37. The largest absolute Gasteiger partial charge is 0.416 e. The maximum atomic E-state index is 12.4. The number of halogens is 3. The number of carbonyl (C=O) groups excluding carboxylic acids is 1. The maximum Gasteiger partial charge on any atom is 0.416 e. The summed E-state index contributed by atoms with van der Waals surface area (Å²) in [5.41, 5.74) is 0.751. The van der Waals surface area contributed by atoms with E-state index in [1.165, 1.54) is 23.9 Å². The molecule has 0 aliphatic carbocycles. The predicted octanol–water partition coefficient (Wildman–Crippen LogP) is 4.74. The highest BCUT2D eigenvalue weighted by Crippen LogP contribution is 2.29. The van der Waals surface area contributed by atoms with Crippen LogP contribution in [0.3, 0.4) is 0 Å². The molecular formula is C16H14F3NOS. The average Bonchev–Trinajstić information content (AvgIpc) is 2.46. The zero-order chi connectivity index (χ0) is 16.2. The third kappa shape index (κ3) is 4.80. The van der Waals surface area contributed by atoms with Crippen molar-refractivity contribution in [3.05, 3.63) is 59.7 Å². The van der Waals surface area contributed by atoms with Crippen molar-refractivity contribution in [3.8, 4) is 0 Å². The van der Waals surface area contributed by atoms with Gasteiger partial charge >= 0.3 is 6.18 Å². The molecule has 0 fully saturated rings. The van der Waals surface area contributed by atoms with Gasteiger partial charge in [-0.25, -0.2) is 0 Å². The van der Waals surface area contributed by atoms with Crippen LogP contribution in [0.15, 0.2) is 53.4 Å². The average molecular weight is 325 g/mol. The van der Waals surface area contributed by atoms with Crippen molar-refractivity contribution in [1.29, 1.82) is 0 Å². The van der Waals surface area contributed by atoms with Gasteiger partial charge in [0.05, 0.1) is 11.3 Å². The van der Waals surface area contributed by atoms with Gasteiger partial charge in [-0.2, -0.15) is 13.2 Å². The van der Waals surface area contributed by atoms with Gasteiger partial charge in [-0.1, -0.05) is 17.7 Å². The van der Waals surface area contributed by atoms with Crippen LogP contribution in [0.2, 0.25) is 0 Å². The summed E-state index contributed by atoms with van der Waals surface area (Å²) in [4.78, 5) is 12.7. The predicted molar refractivity (Wildman–Crippen MR) is 82.0 cm³/mol. The number of thioether (sulfide) groups is 1. The van der Waals surface area contributed by atoms with Gasteiger partial charge in [-0.3, -0.25) is 4.79 Å². The number of aryl methyl sites for hydroxylation is 1. The highest BCUT2D eigenvalue weighted by molar-refractivity contribution is 8.00. The number of rotatable bonds is 4. The van der Waals surface area contributed by atoms with Crippen LogP contribution in [0.5, 0.6) is 0 Å². The monoisotopic (exact) mass is 325 g/mol. The zero-order valence-corrected chi connectivity index (χ0v) is 12.6. The lowest BCUT2D eigenvalue weighted by Crippen LogP contribution is -2.14. The lowest BCUT2D eigenvalue weighted by Gasteiger charge is -2.09. The summed E-state index contributed by atoms with van der Waals surface area (Å²) in [6, 6.07) is 12.1. The van der Waals surface area contributed by atoms with Gasteiger partial charge in [0.15, 0.2) is 0 Å². The third-order valence-corrected chi connectivity index (χ3v) is 3.90. The Balaban J connectivity index is 1.88. The van der Waals surface area contributed by atoms with Crippen LogP contribution >= 0.6 is 11.8 Å². The lowest BCUT2D eigenvalue weighted by molar-refractivity contribution is -0.137. The van der Waals surface area contributed by atoms with E-state index in [2.05, 4.69) is 5.32 Å². The molecule has 0 heterocycles. The molecule has 1 amide bonds. The Morgan fingerprint density at radius 1 is 1.05 bits per heavy atom. The number of amides is 1. The Hall–Kier alpha value is -1.95. The second-order valence-corrected chi connectivity index (χ2v) is 5.77. The van der Waals surface area contributed by atoms with E-state index in [0.29, 0.717) is 5.69 Å². The molecule has 0 aromatic heterocycles. The van der Waals surface area contributed by atoms with E-state index in [-0.39, 0.29) is 11.7 Å². The maximum absolute atomic E-state index is 12.4. The minimum absolute atomic E-state index is 0.198. The van der Waals surface area contributed by atoms with Crippen molar-refractivity contribution < 1.29 is 18.0 Å². The van der Waals surface area contributed by atoms with Crippen LogP contribution in [0.25, 0.3) is 0 Å². The normalized spacial score (nSPS) is 11.3. The molecule has 0 saturated carbocycles. The van der Waals surface area contributed by atoms with Crippen molar-refractivity contribution in [1.82, 2.24) is 0 Å². The lowest BCUT2D eigenvalue weighted by atomic mass is 10.2. The second kappa shape index (κ2) is 6.87. The van der Waals surface area contributed by atoms with Gasteiger partial charge in [0.1, 0.15) is 0 Å². The molecule has 1 N–H and O–H groups in total. The SMILES string of the molecule is Cc1ccc(SCC(=O)Nc2ccc(C(F)(F)F)cc2)cc1. The van der Waals surface area contributed by atoms with Crippen molar-refractivity contribution in [3.63, 3.8) is 0 Å². The molecule has 2 rings (SSSR count). The first kappa shape index (κ1) is 16.4. The van der Waals surface area contributed by atoms with E-state index in [1.807, 2.05) is 31.2 Å². The van der Waals surface area contributed by atoms with Crippen LogP contribution in [-0.4, -0.2) is 11.7 Å². The number of carbonyl (C=O) groups is 1. The summed E-state index contributed by atoms with van der Waals surface area (Å²) < 4.78 is 37.3. The number of nitrogens with one attached hydrogen (secondary N) is 1.